The molecule has 1 aliphatic heterocycles. The molecule has 1 fully saturated rings. The van der Waals surface area contributed by atoms with Crippen LogP contribution in [-0.4, -0.2) is 72.6 Å². The first kappa shape index (κ1) is 20.6. The molecule has 4 nitrogen and oxygen atoms in total. The summed E-state index contributed by atoms with van der Waals surface area (Å²) in [5, 5.41) is 4.21. The van der Waals surface area contributed by atoms with Crippen molar-refractivity contribution >= 4 is 17.7 Å². The fourth-order valence-corrected chi connectivity index (χ4v) is 3.91. The van der Waals surface area contributed by atoms with Crippen molar-refractivity contribution < 1.29 is 0 Å². The average Bonchev–Trinajstić information content (AvgIpc) is 2.53. The van der Waals surface area contributed by atoms with Crippen LogP contribution in [0.4, 0.5) is 0 Å². The minimum atomic E-state index is 0.634. The van der Waals surface area contributed by atoms with Crippen LogP contribution >= 0.6 is 11.8 Å². The molecule has 0 aromatic carbocycles. The number of unbranched alkanes of at least 4 members (excludes halogenated alkanes) is 1. The minimum Gasteiger partial charge on any atom is -0.357 e. The second-order valence-corrected chi connectivity index (χ2v) is 8.46. The van der Waals surface area contributed by atoms with E-state index in [0.29, 0.717) is 6.04 Å². The van der Waals surface area contributed by atoms with E-state index in [2.05, 4.69) is 68.5 Å². The zero-order valence-electron chi connectivity index (χ0n) is 16.1. The molecule has 1 unspecified atom stereocenters. The van der Waals surface area contributed by atoms with Crippen LogP contribution in [0.25, 0.3) is 0 Å². The van der Waals surface area contributed by atoms with E-state index in [4.69, 9.17) is 4.99 Å². The Hall–Kier alpha value is -0.420. The first-order valence-electron chi connectivity index (χ1n) is 9.30. The quantitative estimate of drug-likeness (QED) is 0.417. The van der Waals surface area contributed by atoms with Crippen molar-refractivity contribution in [3.63, 3.8) is 0 Å². The fraction of sp³-hybridized carbons (Fsp3) is 0.944. The summed E-state index contributed by atoms with van der Waals surface area (Å²) in [6.45, 7) is 16.6. The first-order valence-corrected chi connectivity index (χ1v) is 10.4. The molecule has 0 amide bonds. The van der Waals surface area contributed by atoms with Crippen molar-refractivity contribution in [3.8, 4) is 0 Å². The molecule has 0 aromatic rings. The van der Waals surface area contributed by atoms with Gasteiger partial charge in [0.15, 0.2) is 5.96 Å². The molecule has 136 valence electrons. The molecule has 23 heavy (non-hydrogen) atoms. The molecule has 1 atom stereocenters. The third kappa shape index (κ3) is 7.79. The third-order valence-corrected chi connectivity index (χ3v) is 6.07. The van der Waals surface area contributed by atoms with E-state index in [1.165, 1.54) is 25.1 Å². The summed E-state index contributed by atoms with van der Waals surface area (Å²) in [6, 6.07) is 0.634. The van der Waals surface area contributed by atoms with E-state index in [-0.39, 0.29) is 0 Å². The zero-order valence-corrected chi connectivity index (χ0v) is 17.0. The molecule has 0 aromatic heterocycles. The summed E-state index contributed by atoms with van der Waals surface area (Å²) in [5.41, 5.74) is 0. The summed E-state index contributed by atoms with van der Waals surface area (Å²) >= 11 is 2.12. The van der Waals surface area contributed by atoms with Crippen LogP contribution < -0.4 is 5.32 Å². The van der Waals surface area contributed by atoms with Gasteiger partial charge in [0.2, 0.25) is 0 Å². The van der Waals surface area contributed by atoms with Gasteiger partial charge in [-0.15, -0.1) is 0 Å². The summed E-state index contributed by atoms with van der Waals surface area (Å²) in [6.07, 6.45) is 2.39. The molecular formula is C18H38N4S. The molecule has 0 saturated carbocycles. The van der Waals surface area contributed by atoms with Crippen LogP contribution in [0.1, 0.15) is 47.5 Å². The maximum absolute atomic E-state index is 4.88. The highest BCUT2D eigenvalue weighted by molar-refractivity contribution is 8.00. The van der Waals surface area contributed by atoms with Crippen molar-refractivity contribution in [2.24, 2.45) is 10.9 Å². The van der Waals surface area contributed by atoms with Crippen LogP contribution in [0, 0.1) is 5.92 Å². The lowest BCUT2D eigenvalue weighted by Gasteiger charge is -2.36. The van der Waals surface area contributed by atoms with Gasteiger partial charge in [0, 0.05) is 43.2 Å². The maximum atomic E-state index is 4.88. The predicted octanol–water partition coefficient (Wildman–Crippen LogP) is 3.15. The van der Waals surface area contributed by atoms with Crippen LogP contribution in [-0.2, 0) is 0 Å². The lowest BCUT2D eigenvalue weighted by atomic mass is 10.1. The van der Waals surface area contributed by atoms with Crippen LogP contribution in [0.5, 0.6) is 0 Å². The van der Waals surface area contributed by atoms with Gasteiger partial charge in [0.1, 0.15) is 0 Å². The van der Waals surface area contributed by atoms with Crippen LogP contribution in [0.2, 0.25) is 0 Å². The number of aliphatic imine (C=N–C) groups is 1. The molecule has 1 N–H and O–H groups in total. The Morgan fingerprint density at radius 2 is 2.04 bits per heavy atom. The third-order valence-electron chi connectivity index (χ3n) is 4.53. The molecule has 0 aliphatic carbocycles. The lowest BCUT2D eigenvalue weighted by molar-refractivity contribution is 0.269. The van der Waals surface area contributed by atoms with Gasteiger partial charge < -0.3 is 15.1 Å². The number of hydrogen-bond donors (Lipinski definition) is 1. The van der Waals surface area contributed by atoms with Gasteiger partial charge >= 0.3 is 0 Å². The summed E-state index contributed by atoms with van der Waals surface area (Å²) in [7, 11) is 2.20. The highest BCUT2D eigenvalue weighted by Gasteiger charge is 2.24. The molecule has 1 rings (SSSR count). The van der Waals surface area contributed by atoms with Crippen LogP contribution in [0.15, 0.2) is 4.99 Å². The van der Waals surface area contributed by atoms with Crippen LogP contribution in [0.3, 0.4) is 0 Å². The predicted molar refractivity (Wildman–Crippen MR) is 106 cm³/mol. The normalized spacial score (nSPS) is 20.0. The number of thioether (sulfide) groups is 1. The number of nitrogens with one attached hydrogen (secondary N) is 1. The molecule has 1 saturated heterocycles. The highest BCUT2D eigenvalue weighted by Crippen LogP contribution is 2.24. The van der Waals surface area contributed by atoms with Gasteiger partial charge in [-0.3, -0.25) is 4.99 Å². The largest absolute Gasteiger partial charge is 0.357 e. The Bertz CT molecular complexity index is 344. The van der Waals surface area contributed by atoms with Gasteiger partial charge in [0.05, 0.1) is 0 Å². The van der Waals surface area contributed by atoms with E-state index in [9.17, 15) is 0 Å². The Morgan fingerprint density at radius 3 is 2.65 bits per heavy atom. The smallest absolute Gasteiger partial charge is 0.193 e. The Labute approximate surface area is 148 Å². The number of hydrogen-bond acceptors (Lipinski definition) is 3. The van der Waals surface area contributed by atoms with Crippen molar-refractivity contribution in [1.82, 2.24) is 15.1 Å². The maximum Gasteiger partial charge on any atom is 0.193 e. The van der Waals surface area contributed by atoms with Gasteiger partial charge in [-0.1, -0.05) is 13.8 Å². The topological polar surface area (TPSA) is 30.9 Å². The summed E-state index contributed by atoms with van der Waals surface area (Å²) in [4.78, 5) is 9.75. The Balaban J connectivity index is 2.43. The van der Waals surface area contributed by atoms with E-state index >= 15 is 0 Å². The van der Waals surface area contributed by atoms with Gasteiger partial charge in [-0.25, -0.2) is 0 Å². The number of nitrogens with zero attached hydrogens (tertiary/aromatic N) is 3. The van der Waals surface area contributed by atoms with E-state index in [1.54, 1.807) is 0 Å². The van der Waals surface area contributed by atoms with E-state index in [1.807, 2.05) is 0 Å². The van der Waals surface area contributed by atoms with Gasteiger partial charge in [-0.05, 0) is 53.1 Å². The second-order valence-electron chi connectivity index (χ2n) is 7.12. The van der Waals surface area contributed by atoms with Crippen molar-refractivity contribution in [2.45, 2.75) is 58.8 Å². The molecular weight excluding hydrogens is 304 g/mol. The van der Waals surface area contributed by atoms with E-state index < -0.39 is 0 Å². The monoisotopic (exact) mass is 342 g/mol. The molecule has 1 heterocycles. The van der Waals surface area contributed by atoms with E-state index in [0.717, 1.165) is 43.3 Å². The first-order chi connectivity index (χ1) is 11.0. The summed E-state index contributed by atoms with van der Waals surface area (Å²) < 4.78 is 0. The minimum absolute atomic E-state index is 0.634. The highest BCUT2D eigenvalue weighted by atomic mass is 32.2. The molecule has 0 bridgehead atoms. The van der Waals surface area contributed by atoms with Crippen molar-refractivity contribution in [1.29, 1.82) is 0 Å². The zero-order chi connectivity index (χ0) is 17.2. The van der Waals surface area contributed by atoms with Gasteiger partial charge in [-0.2, -0.15) is 11.8 Å². The van der Waals surface area contributed by atoms with Crippen molar-refractivity contribution in [2.75, 3.05) is 45.5 Å². The molecule has 0 spiro atoms. The molecule has 1 aliphatic rings. The lowest BCUT2D eigenvalue weighted by Crippen LogP contribution is -2.49. The van der Waals surface area contributed by atoms with Crippen molar-refractivity contribution in [3.05, 3.63) is 0 Å². The van der Waals surface area contributed by atoms with Gasteiger partial charge in [0.25, 0.3) is 0 Å². The SMILES string of the molecule is CCNC(=NCCCCN(C)C(C)C)N1CCSC(C(C)C)C1. The summed E-state index contributed by atoms with van der Waals surface area (Å²) in [5.74, 6) is 3.07. The number of rotatable bonds is 8. The Morgan fingerprint density at radius 1 is 1.30 bits per heavy atom. The Kier molecular flexibility index (Phi) is 10.0. The average molecular weight is 343 g/mol. The molecule has 5 heteroatoms. The molecule has 0 radical (unpaired) electrons. The second kappa shape index (κ2) is 11.2. The standard InChI is InChI=1S/C18H38N4S/c1-7-19-18(20-10-8-9-11-21(6)16(4)5)22-12-13-23-17(14-22)15(2)3/h15-17H,7-14H2,1-6H3,(H,19,20). The fourth-order valence-electron chi connectivity index (χ4n) is 2.61. The number of guanidine groups is 1.